The summed E-state index contributed by atoms with van der Waals surface area (Å²) in [5.41, 5.74) is 9.88. The van der Waals surface area contributed by atoms with E-state index in [-0.39, 0.29) is 17.9 Å². The van der Waals surface area contributed by atoms with E-state index >= 15 is 0 Å². The summed E-state index contributed by atoms with van der Waals surface area (Å²) in [7, 11) is 0. The highest BCUT2D eigenvalue weighted by Crippen LogP contribution is 2.51. The lowest BCUT2D eigenvalue weighted by molar-refractivity contribution is 0.102. The van der Waals surface area contributed by atoms with E-state index < -0.39 is 0 Å². The summed E-state index contributed by atoms with van der Waals surface area (Å²) in [6.45, 7) is 7.30. The molecule has 0 bridgehead atoms. The van der Waals surface area contributed by atoms with E-state index in [2.05, 4.69) is 103 Å². The van der Waals surface area contributed by atoms with Crippen molar-refractivity contribution in [3.63, 3.8) is 0 Å². The van der Waals surface area contributed by atoms with Gasteiger partial charge in [0.1, 0.15) is 0 Å². The molecular weight excluding hydrogens is 478 g/mol. The molecule has 3 unspecified atom stereocenters. The van der Waals surface area contributed by atoms with Crippen LogP contribution < -0.4 is 10.6 Å². The Morgan fingerprint density at radius 3 is 2.62 bits per heavy atom. The summed E-state index contributed by atoms with van der Waals surface area (Å²) in [4.78, 5) is 13.6. The monoisotopic (exact) mass is 511 g/mol. The number of rotatable bonds is 4. The fourth-order valence-electron chi connectivity index (χ4n) is 6.76. The standard InChI is InChI=1S/C35H33N3O/c1-4-38-31-14-6-5-9-26(31)30-20-23(16-18-32(30)38)33-27-11-7-10-25(27)28-12-8-13-29(34(28)37-33)35(39)36-24-17-15-21(2)22(3)19-24/h5-10,12-20,25,27,33,37H,4,11H2,1-3H3,(H,36,39). The molecule has 1 aromatic heterocycles. The van der Waals surface area contributed by atoms with Crippen molar-refractivity contribution in [2.75, 3.05) is 10.6 Å². The number of carbonyl (C=O) groups excluding carboxylic acids is 1. The fourth-order valence-corrected chi connectivity index (χ4v) is 6.76. The molecule has 0 saturated heterocycles. The summed E-state index contributed by atoms with van der Waals surface area (Å²) in [5.74, 6) is 0.615. The Bertz CT molecular complexity index is 1790. The highest BCUT2D eigenvalue weighted by atomic mass is 16.1. The van der Waals surface area contributed by atoms with Gasteiger partial charge in [-0.1, -0.05) is 54.6 Å². The third-order valence-corrected chi connectivity index (χ3v) is 8.88. The third kappa shape index (κ3) is 3.77. The lowest BCUT2D eigenvalue weighted by Crippen LogP contribution is -2.31. The van der Waals surface area contributed by atoms with E-state index in [9.17, 15) is 4.79 Å². The van der Waals surface area contributed by atoms with Crippen molar-refractivity contribution < 1.29 is 4.79 Å². The Hall–Kier alpha value is -4.31. The number of allylic oxidation sites excluding steroid dienone is 2. The SMILES string of the molecule is CCn1c2ccccc2c2cc(C3Nc4c(C(=O)Nc5ccc(C)c(C)c5)cccc4C4C=CCC43)ccc21. The normalized spacial score (nSPS) is 19.6. The highest BCUT2D eigenvalue weighted by Gasteiger charge is 2.39. The Kier molecular flexibility index (Phi) is 5.59. The third-order valence-electron chi connectivity index (χ3n) is 8.88. The second kappa shape index (κ2) is 9.16. The van der Waals surface area contributed by atoms with Crippen molar-refractivity contribution in [3.05, 3.63) is 119 Å². The average molecular weight is 512 g/mol. The molecule has 1 amide bonds. The second-order valence-electron chi connectivity index (χ2n) is 11.0. The van der Waals surface area contributed by atoms with Gasteiger partial charge in [0.25, 0.3) is 5.91 Å². The number of para-hydroxylation sites is 2. The number of anilines is 2. The zero-order chi connectivity index (χ0) is 26.7. The van der Waals surface area contributed by atoms with Crippen molar-refractivity contribution in [1.29, 1.82) is 0 Å². The van der Waals surface area contributed by atoms with Gasteiger partial charge in [-0.3, -0.25) is 4.79 Å². The minimum Gasteiger partial charge on any atom is -0.377 e. The highest BCUT2D eigenvalue weighted by molar-refractivity contribution is 6.09. The molecule has 2 heterocycles. The van der Waals surface area contributed by atoms with Crippen LogP contribution in [0.1, 0.15) is 57.9 Å². The van der Waals surface area contributed by atoms with E-state index in [0.29, 0.717) is 11.5 Å². The Labute approximate surface area is 229 Å². The number of fused-ring (bicyclic) bond motifs is 6. The maximum Gasteiger partial charge on any atom is 0.257 e. The number of aryl methyl sites for hydroxylation is 3. The molecule has 194 valence electrons. The number of aromatic nitrogens is 1. The molecule has 39 heavy (non-hydrogen) atoms. The van der Waals surface area contributed by atoms with E-state index in [1.54, 1.807) is 0 Å². The molecule has 4 heteroatoms. The van der Waals surface area contributed by atoms with Crippen molar-refractivity contribution in [2.24, 2.45) is 5.92 Å². The molecule has 1 aliphatic heterocycles. The van der Waals surface area contributed by atoms with Crippen molar-refractivity contribution in [2.45, 2.75) is 45.7 Å². The Morgan fingerprint density at radius 1 is 0.923 bits per heavy atom. The molecule has 0 fully saturated rings. The molecule has 4 nitrogen and oxygen atoms in total. The summed E-state index contributed by atoms with van der Waals surface area (Å²) < 4.78 is 2.40. The number of hydrogen-bond donors (Lipinski definition) is 2. The van der Waals surface area contributed by atoms with Crippen LogP contribution in [0.5, 0.6) is 0 Å². The van der Waals surface area contributed by atoms with Gasteiger partial charge in [0, 0.05) is 40.0 Å². The summed E-state index contributed by atoms with van der Waals surface area (Å²) in [5, 5.41) is 9.60. The Morgan fingerprint density at radius 2 is 1.77 bits per heavy atom. The molecule has 0 spiro atoms. The van der Waals surface area contributed by atoms with Gasteiger partial charge in [0.2, 0.25) is 0 Å². The number of nitrogens with zero attached hydrogens (tertiary/aromatic N) is 1. The van der Waals surface area contributed by atoms with Crippen LogP contribution in [-0.2, 0) is 6.54 Å². The first kappa shape index (κ1) is 23.8. The number of amides is 1. The van der Waals surface area contributed by atoms with Crippen molar-refractivity contribution in [1.82, 2.24) is 4.57 Å². The van der Waals surface area contributed by atoms with Gasteiger partial charge in [-0.25, -0.2) is 0 Å². The van der Waals surface area contributed by atoms with Crippen LogP contribution in [0.3, 0.4) is 0 Å². The quantitative estimate of drug-likeness (QED) is 0.238. The minimum atomic E-state index is -0.0803. The molecule has 4 aromatic carbocycles. The molecule has 1 aliphatic carbocycles. The predicted molar refractivity (Wildman–Crippen MR) is 162 cm³/mol. The molecule has 3 atom stereocenters. The van der Waals surface area contributed by atoms with Gasteiger partial charge in [-0.2, -0.15) is 0 Å². The van der Waals surface area contributed by atoms with Crippen LogP contribution >= 0.6 is 0 Å². The smallest absolute Gasteiger partial charge is 0.257 e. The first-order valence-corrected chi connectivity index (χ1v) is 14.0. The number of benzene rings is 4. The zero-order valence-electron chi connectivity index (χ0n) is 22.7. The van der Waals surface area contributed by atoms with Crippen LogP contribution in [0.15, 0.2) is 91.0 Å². The summed E-state index contributed by atoms with van der Waals surface area (Å²) in [6.07, 6.45) is 5.67. The van der Waals surface area contributed by atoms with Gasteiger partial charge in [0.05, 0.1) is 17.3 Å². The maximum absolute atomic E-state index is 13.6. The number of hydrogen-bond acceptors (Lipinski definition) is 2. The topological polar surface area (TPSA) is 46.1 Å². The predicted octanol–water partition coefficient (Wildman–Crippen LogP) is 8.51. The first-order chi connectivity index (χ1) is 19.0. The van der Waals surface area contributed by atoms with E-state index in [1.807, 2.05) is 24.3 Å². The molecule has 5 aromatic rings. The summed E-state index contributed by atoms with van der Waals surface area (Å²) >= 11 is 0. The van der Waals surface area contributed by atoms with Crippen LogP contribution in [0.25, 0.3) is 21.8 Å². The molecule has 0 saturated carbocycles. The molecule has 7 rings (SSSR count). The van der Waals surface area contributed by atoms with E-state index in [0.717, 1.165) is 24.3 Å². The van der Waals surface area contributed by atoms with Crippen molar-refractivity contribution in [3.8, 4) is 0 Å². The lowest BCUT2D eigenvalue weighted by atomic mass is 9.76. The summed E-state index contributed by atoms with van der Waals surface area (Å²) in [6, 6.07) is 27.9. The number of nitrogens with one attached hydrogen (secondary N) is 2. The first-order valence-electron chi connectivity index (χ1n) is 14.0. The lowest BCUT2D eigenvalue weighted by Gasteiger charge is -2.38. The van der Waals surface area contributed by atoms with Gasteiger partial charge in [-0.05, 0) is 91.8 Å². The van der Waals surface area contributed by atoms with Crippen LogP contribution in [0.2, 0.25) is 0 Å². The van der Waals surface area contributed by atoms with E-state index in [4.69, 9.17) is 0 Å². The molecular formula is C35H33N3O. The minimum absolute atomic E-state index is 0.0803. The van der Waals surface area contributed by atoms with Gasteiger partial charge < -0.3 is 15.2 Å². The van der Waals surface area contributed by atoms with Crippen LogP contribution in [-0.4, -0.2) is 10.5 Å². The molecule has 2 N–H and O–H groups in total. The van der Waals surface area contributed by atoms with Gasteiger partial charge in [0.15, 0.2) is 0 Å². The second-order valence-corrected chi connectivity index (χ2v) is 11.0. The average Bonchev–Trinajstić information content (AvgIpc) is 3.57. The van der Waals surface area contributed by atoms with Crippen LogP contribution in [0.4, 0.5) is 11.4 Å². The fraction of sp³-hybridized carbons (Fsp3) is 0.229. The Balaban J connectivity index is 1.30. The van der Waals surface area contributed by atoms with E-state index in [1.165, 1.54) is 44.1 Å². The maximum atomic E-state index is 13.6. The van der Waals surface area contributed by atoms with Gasteiger partial charge in [-0.15, -0.1) is 0 Å². The largest absolute Gasteiger partial charge is 0.377 e. The zero-order valence-corrected chi connectivity index (χ0v) is 22.7. The molecule has 2 aliphatic rings. The van der Waals surface area contributed by atoms with Crippen LogP contribution in [0, 0.1) is 19.8 Å². The van der Waals surface area contributed by atoms with Crippen molar-refractivity contribution >= 4 is 39.1 Å². The molecule has 0 radical (unpaired) electrons. The number of carbonyl (C=O) groups is 1. The van der Waals surface area contributed by atoms with Gasteiger partial charge >= 0.3 is 0 Å².